The van der Waals surface area contributed by atoms with E-state index in [0.717, 1.165) is 40.5 Å². The van der Waals surface area contributed by atoms with Crippen LogP contribution in [0.2, 0.25) is 0 Å². The quantitative estimate of drug-likeness (QED) is 0.133. The molecule has 0 aliphatic carbocycles. The highest BCUT2D eigenvalue weighted by molar-refractivity contribution is 7.18. The molecular weight excluding hydrogens is 689 g/mol. The molecule has 52 heavy (non-hydrogen) atoms. The molecule has 2 aliphatic heterocycles. The lowest BCUT2D eigenvalue weighted by Gasteiger charge is -2.33. The highest BCUT2D eigenvalue weighted by Crippen LogP contribution is 2.47. The summed E-state index contributed by atoms with van der Waals surface area (Å²) in [7, 11) is 5.02. The van der Waals surface area contributed by atoms with Gasteiger partial charge in [-0.05, 0) is 42.1 Å². The molecule has 2 aliphatic rings. The van der Waals surface area contributed by atoms with Crippen LogP contribution in [0, 0.1) is 11.6 Å². The first-order valence-corrected chi connectivity index (χ1v) is 17.9. The number of thiophene rings is 1. The van der Waals surface area contributed by atoms with Crippen LogP contribution in [0.5, 0.6) is 5.75 Å². The van der Waals surface area contributed by atoms with E-state index in [9.17, 15) is 14.0 Å². The number of hydrogen-bond acceptors (Lipinski definition) is 9. The van der Waals surface area contributed by atoms with Gasteiger partial charge in [0.15, 0.2) is 0 Å². The van der Waals surface area contributed by atoms with Crippen LogP contribution >= 0.6 is 11.3 Å². The van der Waals surface area contributed by atoms with Gasteiger partial charge in [-0.2, -0.15) is 5.10 Å². The molecule has 6 heterocycles. The molecule has 0 radical (unpaired) electrons. The zero-order valence-corrected chi connectivity index (χ0v) is 30.3. The lowest BCUT2D eigenvalue weighted by Crippen LogP contribution is -2.40. The number of carbonyl (C=O) groups is 2. The van der Waals surface area contributed by atoms with Crippen molar-refractivity contribution < 1.29 is 27.8 Å². The molecule has 0 fully saturated rings. The van der Waals surface area contributed by atoms with Crippen LogP contribution in [0.4, 0.5) is 8.78 Å². The molecule has 0 saturated carbocycles. The van der Waals surface area contributed by atoms with Crippen LogP contribution in [0.1, 0.15) is 29.9 Å². The molecule has 14 heteroatoms. The van der Waals surface area contributed by atoms with Crippen molar-refractivity contribution in [3.05, 3.63) is 83.1 Å². The topological polar surface area (TPSA) is 106 Å². The van der Waals surface area contributed by atoms with Crippen LogP contribution < -0.4 is 4.74 Å². The fourth-order valence-electron chi connectivity index (χ4n) is 6.92. The lowest BCUT2D eigenvalue weighted by atomic mass is 9.95. The van der Waals surface area contributed by atoms with E-state index in [4.69, 9.17) is 24.5 Å². The molecule has 0 N–H and O–H groups in total. The zero-order valence-electron chi connectivity index (χ0n) is 29.5. The molecule has 1 atom stereocenters. The Balaban J connectivity index is 1.42. The Labute approximate surface area is 304 Å². The Hall–Kier alpha value is -5.05. The predicted molar refractivity (Wildman–Crippen MR) is 195 cm³/mol. The second-order valence-corrected chi connectivity index (χ2v) is 14.0. The number of nitrogens with zero attached hydrogens (tertiary/aromatic N) is 7. The Bertz CT molecular complexity index is 2200. The number of fused-ring (bicyclic) bond motifs is 3. The van der Waals surface area contributed by atoms with E-state index < -0.39 is 11.6 Å². The van der Waals surface area contributed by atoms with Crippen LogP contribution in [0.3, 0.4) is 0 Å². The van der Waals surface area contributed by atoms with E-state index in [2.05, 4.69) is 17.5 Å². The molecule has 270 valence electrons. The van der Waals surface area contributed by atoms with E-state index in [-0.39, 0.29) is 42.4 Å². The molecule has 5 aromatic rings. The molecule has 4 aromatic heterocycles. The second kappa shape index (κ2) is 14.5. The van der Waals surface area contributed by atoms with Crippen molar-refractivity contribution in [1.82, 2.24) is 34.4 Å². The Kier molecular flexibility index (Phi) is 9.88. The van der Waals surface area contributed by atoms with Gasteiger partial charge in [-0.15, -0.1) is 11.3 Å². The van der Waals surface area contributed by atoms with Gasteiger partial charge in [0.05, 0.1) is 42.7 Å². The summed E-state index contributed by atoms with van der Waals surface area (Å²) in [6.45, 7) is 8.35. The van der Waals surface area contributed by atoms with E-state index in [0.29, 0.717) is 59.9 Å². The number of hydrogen-bond donors (Lipinski definition) is 0. The third-order valence-corrected chi connectivity index (χ3v) is 10.6. The second-order valence-electron chi connectivity index (χ2n) is 13.1. The minimum atomic E-state index is -0.805. The summed E-state index contributed by atoms with van der Waals surface area (Å²) in [6.07, 6.45) is 3.81. The predicted octanol–water partition coefficient (Wildman–Crippen LogP) is 5.73. The summed E-state index contributed by atoms with van der Waals surface area (Å²) in [4.78, 5) is 40.7. The van der Waals surface area contributed by atoms with Gasteiger partial charge in [-0.25, -0.2) is 13.8 Å². The number of halogens is 2. The normalized spacial score (nSPS) is 15.7. The number of methoxy groups -OCH3 is 1. The molecule has 0 saturated heterocycles. The first-order valence-electron chi connectivity index (χ1n) is 17.0. The lowest BCUT2D eigenvalue weighted by molar-refractivity contribution is -0.130. The maximum absolute atomic E-state index is 16.2. The average Bonchev–Trinajstić information content (AvgIpc) is 3.79. The van der Waals surface area contributed by atoms with E-state index in [1.807, 2.05) is 29.1 Å². The minimum Gasteiger partial charge on any atom is -0.490 e. The molecule has 1 unspecified atom stereocenters. The standard InChI is InChI=1S/C38H39F2N7O4S/c1-6-32(48)46-10-11-47-30(22(46)2)18-29(43-47)37-35(34-27(40)16-25(39)17-31(34)51-13-12-50-5)38-26(8-14-52-38)36(42-37)23-15-24-20-45(21-33(49)44(3)4)9-7-28(24)41-19-23/h6,8,14-19,22H,1,7,9-13,20-21H2,2-5H3. The van der Waals surface area contributed by atoms with E-state index >= 15 is 4.39 Å². The summed E-state index contributed by atoms with van der Waals surface area (Å²) in [5, 5.41) is 7.63. The van der Waals surface area contributed by atoms with Gasteiger partial charge >= 0.3 is 0 Å². The smallest absolute Gasteiger partial charge is 0.246 e. The van der Waals surface area contributed by atoms with Gasteiger partial charge in [-0.1, -0.05) is 6.58 Å². The van der Waals surface area contributed by atoms with Crippen LogP contribution in [-0.4, -0.2) is 100 Å². The molecule has 0 spiro atoms. The number of carbonyl (C=O) groups excluding carboxylic acids is 2. The highest BCUT2D eigenvalue weighted by atomic mass is 32.1. The first kappa shape index (κ1) is 35.4. The number of aromatic nitrogens is 4. The van der Waals surface area contributed by atoms with Crippen molar-refractivity contribution in [2.75, 3.05) is 54.1 Å². The summed E-state index contributed by atoms with van der Waals surface area (Å²) < 4.78 is 44.6. The first-order chi connectivity index (χ1) is 25.1. The average molecular weight is 728 g/mol. The van der Waals surface area contributed by atoms with E-state index in [1.165, 1.54) is 30.6 Å². The third kappa shape index (κ3) is 6.57. The number of ether oxygens (including phenoxy) is 2. The molecular formula is C38H39F2N7O4S. The van der Waals surface area contributed by atoms with Crippen LogP contribution in [0.15, 0.2) is 54.6 Å². The van der Waals surface area contributed by atoms with Crippen molar-refractivity contribution in [3.8, 4) is 39.5 Å². The Morgan fingerprint density at radius 3 is 2.69 bits per heavy atom. The fraction of sp³-hybridized carbons (Fsp3) is 0.342. The third-order valence-electron chi connectivity index (χ3n) is 9.63. The number of likely N-dealkylation sites (N-methyl/N-ethyl adjacent to an activating group) is 1. The number of benzene rings is 1. The molecule has 11 nitrogen and oxygen atoms in total. The molecule has 0 bridgehead atoms. The summed E-state index contributed by atoms with van der Waals surface area (Å²) in [6, 6.07) is 7.58. The zero-order chi connectivity index (χ0) is 36.7. The number of amides is 2. The maximum Gasteiger partial charge on any atom is 0.246 e. The van der Waals surface area contributed by atoms with Gasteiger partial charge in [0.1, 0.15) is 35.4 Å². The molecule has 7 rings (SSSR count). The fourth-order valence-corrected chi connectivity index (χ4v) is 7.87. The maximum atomic E-state index is 16.2. The van der Waals surface area contributed by atoms with Crippen molar-refractivity contribution in [1.29, 1.82) is 0 Å². The SMILES string of the molecule is C=CC(=O)N1CCn2nc(-c3nc(-c4cnc5c(c4)CN(CC(=O)N(C)C)CC5)c4ccsc4c3-c3c(F)cc(F)cc3OCCOC)cc2C1C. The van der Waals surface area contributed by atoms with Gasteiger partial charge in [0.25, 0.3) is 0 Å². The van der Waals surface area contributed by atoms with Crippen molar-refractivity contribution in [3.63, 3.8) is 0 Å². The van der Waals surface area contributed by atoms with Gasteiger partial charge in [0.2, 0.25) is 11.8 Å². The van der Waals surface area contributed by atoms with Crippen molar-refractivity contribution in [2.24, 2.45) is 0 Å². The molecule has 2 amide bonds. The van der Waals surface area contributed by atoms with Gasteiger partial charge in [-0.3, -0.25) is 24.2 Å². The van der Waals surface area contributed by atoms with Gasteiger partial charge in [0, 0.05) is 92.5 Å². The van der Waals surface area contributed by atoms with Crippen molar-refractivity contribution >= 4 is 33.2 Å². The summed E-state index contributed by atoms with van der Waals surface area (Å²) in [5.41, 5.74) is 5.46. The van der Waals surface area contributed by atoms with Crippen molar-refractivity contribution in [2.45, 2.75) is 32.5 Å². The van der Waals surface area contributed by atoms with Gasteiger partial charge < -0.3 is 19.3 Å². The monoisotopic (exact) mass is 727 g/mol. The van der Waals surface area contributed by atoms with Crippen LogP contribution in [-0.2, 0) is 33.8 Å². The van der Waals surface area contributed by atoms with E-state index in [1.54, 1.807) is 30.1 Å². The summed E-state index contributed by atoms with van der Waals surface area (Å²) in [5.74, 6) is -1.72. The largest absolute Gasteiger partial charge is 0.490 e. The Morgan fingerprint density at radius 1 is 1.10 bits per heavy atom. The summed E-state index contributed by atoms with van der Waals surface area (Å²) >= 11 is 1.41. The minimum absolute atomic E-state index is 0.0166. The number of pyridine rings is 2. The molecule has 1 aromatic carbocycles. The Morgan fingerprint density at radius 2 is 1.92 bits per heavy atom. The van der Waals surface area contributed by atoms with Crippen LogP contribution in [0.25, 0.3) is 43.9 Å². The highest BCUT2D eigenvalue weighted by Gasteiger charge is 2.32. The number of rotatable bonds is 10.